The van der Waals surface area contributed by atoms with Crippen LogP contribution in [0.3, 0.4) is 0 Å². The van der Waals surface area contributed by atoms with Gasteiger partial charge in [0.25, 0.3) is 6.43 Å². The zero-order valence-electron chi connectivity index (χ0n) is 10.2. The van der Waals surface area contributed by atoms with Crippen LogP contribution in [0.25, 0.3) is 0 Å². The van der Waals surface area contributed by atoms with E-state index in [0.717, 1.165) is 0 Å². The molecule has 1 aromatic rings. The molecule has 1 aromatic heterocycles. The number of ether oxygens (including phenoxy) is 1. The van der Waals surface area contributed by atoms with Gasteiger partial charge in [-0.3, -0.25) is 9.59 Å². The molecule has 0 radical (unpaired) electrons. The predicted molar refractivity (Wildman–Crippen MR) is 57.4 cm³/mol. The Labute approximate surface area is 109 Å². The number of carbonyl (C=O) groups excluding carboxylic acids is 1. The summed E-state index contributed by atoms with van der Waals surface area (Å²) in [6, 6.07) is 0.464. The van der Waals surface area contributed by atoms with Gasteiger partial charge in [-0.25, -0.2) is 8.78 Å². The average Bonchev–Trinajstić information content (AvgIpc) is 2.26. The fourth-order valence-corrected chi connectivity index (χ4v) is 1.64. The molecule has 0 bridgehead atoms. The van der Waals surface area contributed by atoms with Crippen molar-refractivity contribution < 1.29 is 31.5 Å². The SMILES string of the molecule is CCOC(=O)Cc1cc(=O)[nH]c(C(F)F)c1C(F)(F)F. The monoisotopic (exact) mass is 299 g/mol. The lowest BCUT2D eigenvalue weighted by Crippen LogP contribution is -2.23. The normalized spacial score (nSPS) is 11.8. The van der Waals surface area contributed by atoms with E-state index in [1.165, 1.54) is 11.9 Å². The van der Waals surface area contributed by atoms with Gasteiger partial charge in [0.1, 0.15) is 0 Å². The molecule has 0 fully saturated rings. The van der Waals surface area contributed by atoms with E-state index in [1.54, 1.807) is 0 Å². The van der Waals surface area contributed by atoms with E-state index < -0.39 is 47.4 Å². The fourth-order valence-electron chi connectivity index (χ4n) is 1.64. The summed E-state index contributed by atoms with van der Waals surface area (Å²) in [7, 11) is 0. The maximum absolute atomic E-state index is 12.8. The molecule has 0 unspecified atom stereocenters. The van der Waals surface area contributed by atoms with Crippen molar-refractivity contribution >= 4 is 5.97 Å². The third-order valence-corrected chi connectivity index (χ3v) is 2.30. The number of esters is 1. The first-order valence-corrected chi connectivity index (χ1v) is 5.43. The molecule has 0 saturated carbocycles. The van der Waals surface area contributed by atoms with Gasteiger partial charge in [0.2, 0.25) is 5.56 Å². The maximum Gasteiger partial charge on any atom is 0.418 e. The van der Waals surface area contributed by atoms with E-state index in [0.29, 0.717) is 6.07 Å². The summed E-state index contributed by atoms with van der Waals surface area (Å²) in [5.74, 6) is -1.04. The largest absolute Gasteiger partial charge is 0.466 e. The van der Waals surface area contributed by atoms with Crippen molar-refractivity contribution in [2.24, 2.45) is 0 Å². The fraction of sp³-hybridized carbons (Fsp3) is 0.455. The number of hydrogen-bond acceptors (Lipinski definition) is 3. The summed E-state index contributed by atoms with van der Waals surface area (Å²) in [4.78, 5) is 23.8. The molecule has 0 amide bonds. The van der Waals surface area contributed by atoms with Crippen molar-refractivity contribution in [2.45, 2.75) is 25.9 Å². The predicted octanol–water partition coefficient (Wildman–Crippen LogP) is 2.44. The van der Waals surface area contributed by atoms with Crippen LogP contribution in [0.1, 0.15) is 30.2 Å². The number of alkyl halides is 5. The summed E-state index contributed by atoms with van der Waals surface area (Å²) >= 11 is 0. The van der Waals surface area contributed by atoms with E-state index in [9.17, 15) is 31.5 Å². The first-order chi connectivity index (χ1) is 9.16. The van der Waals surface area contributed by atoms with Crippen LogP contribution < -0.4 is 5.56 Å². The second kappa shape index (κ2) is 6.02. The minimum Gasteiger partial charge on any atom is -0.466 e. The van der Waals surface area contributed by atoms with E-state index >= 15 is 0 Å². The number of pyridine rings is 1. The van der Waals surface area contributed by atoms with Crippen molar-refractivity contribution in [1.82, 2.24) is 4.98 Å². The van der Waals surface area contributed by atoms with Crippen LogP contribution >= 0.6 is 0 Å². The zero-order chi connectivity index (χ0) is 15.5. The third kappa shape index (κ3) is 3.78. The molecule has 0 aliphatic carbocycles. The molecule has 1 heterocycles. The Morgan fingerprint density at radius 3 is 2.45 bits per heavy atom. The van der Waals surface area contributed by atoms with Gasteiger partial charge in [0.05, 0.1) is 24.3 Å². The van der Waals surface area contributed by atoms with Crippen molar-refractivity contribution in [3.05, 3.63) is 33.2 Å². The Bertz CT molecular complexity index is 550. The number of hydrogen-bond donors (Lipinski definition) is 1. The van der Waals surface area contributed by atoms with Crippen molar-refractivity contribution in [1.29, 1.82) is 0 Å². The summed E-state index contributed by atoms with van der Waals surface area (Å²) in [6.45, 7) is 1.36. The standard InChI is InChI=1S/C11H10F5NO3/c1-2-20-7(19)4-5-3-6(18)17-9(10(12)13)8(5)11(14,15)16/h3,10H,2,4H2,1H3,(H,17,18). The van der Waals surface area contributed by atoms with Crippen LogP contribution in [0.5, 0.6) is 0 Å². The minimum absolute atomic E-state index is 0.0783. The first-order valence-electron chi connectivity index (χ1n) is 5.43. The topological polar surface area (TPSA) is 59.2 Å². The highest BCUT2D eigenvalue weighted by Gasteiger charge is 2.39. The number of halogens is 5. The molecule has 4 nitrogen and oxygen atoms in total. The van der Waals surface area contributed by atoms with Crippen molar-refractivity contribution in [3.63, 3.8) is 0 Å². The van der Waals surface area contributed by atoms with Crippen LogP contribution in [0.4, 0.5) is 22.0 Å². The van der Waals surface area contributed by atoms with E-state index in [4.69, 9.17) is 0 Å². The number of nitrogens with one attached hydrogen (secondary N) is 1. The van der Waals surface area contributed by atoms with E-state index in [1.807, 2.05) is 0 Å². The summed E-state index contributed by atoms with van der Waals surface area (Å²) in [5, 5.41) is 0. The zero-order valence-corrected chi connectivity index (χ0v) is 10.2. The molecular formula is C11H10F5NO3. The molecular weight excluding hydrogens is 289 g/mol. The molecule has 9 heteroatoms. The molecule has 112 valence electrons. The Hall–Kier alpha value is -1.93. The third-order valence-electron chi connectivity index (χ3n) is 2.30. The van der Waals surface area contributed by atoms with Gasteiger partial charge >= 0.3 is 12.1 Å². The maximum atomic E-state index is 12.8. The molecule has 0 spiro atoms. The number of carbonyl (C=O) groups is 1. The lowest BCUT2D eigenvalue weighted by atomic mass is 10.0. The average molecular weight is 299 g/mol. The number of aromatic amines is 1. The highest BCUT2D eigenvalue weighted by molar-refractivity contribution is 5.73. The van der Waals surface area contributed by atoms with Crippen LogP contribution in [0.15, 0.2) is 10.9 Å². The number of rotatable bonds is 4. The van der Waals surface area contributed by atoms with Gasteiger partial charge in [0.15, 0.2) is 0 Å². The number of aromatic nitrogens is 1. The van der Waals surface area contributed by atoms with Crippen LogP contribution in [-0.4, -0.2) is 17.6 Å². The van der Waals surface area contributed by atoms with Gasteiger partial charge in [-0.05, 0) is 12.5 Å². The second-order valence-corrected chi connectivity index (χ2v) is 3.73. The Kier molecular flexibility index (Phi) is 4.85. The molecule has 20 heavy (non-hydrogen) atoms. The molecule has 0 aliphatic heterocycles. The summed E-state index contributed by atoms with van der Waals surface area (Å²) in [6.07, 6.45) is -9.56. The molecule has 1 rings (SSSR count). The molecule has 0 atom stereocenters. The first kappa shape index (κ1) is 16.1. The smallest absolute Gasteiger partial charge is 0.418 e. The quantitative estimate of drug-likeness (QED) is 0.686. The Balaban J connectivity index is 3.41. The Morgan fingerprint density at radius 1 is 1.40 bits per heavy atom. The van der Waals surface area contributed by atoms with Gasteiger partial charge in [-0.2, -0.15) is 13.2 Å². The van der Waals surface area contributed by atoms with Gasteiger partial charge in [0, 0.05) is 6.07 Å². The summed E-state index contributed by atoms with van der Waals surface area (Å²) in [5.41, 5.74) is -5.24. The number of H-pyrrole nitrogens is 1. The van der Waals surface area contributed by atoms with Crippen LogP contribution in [-0.2, 0) is 22.1 Å². The molecule has 0 saturated heterocycles. The lowest BCUT2D eigenvalue weighted by molar-refractivity contribution is -0.144. The molecule has 0 aliphatic rings. The van der Waals surface area contributed by atoms with Gasteiger partial charge in [-0.15, -0.1) is 0 Å². The lowest BCUT2D eigenvalue weighted by Gasteiger charge is -2.16. The molecule has 1 N–H and O–H groups in total. The van der Waals surface area contributed by atoms with Crippen LogP contribution in [0.2, 0.25) is 0 Å². The summed E-state index contributed by atoms with van der Waals surface area (Å²) < 4.78 is 68.2. The van der Waals surface area contributed by atoms with Gasteiger partial charge < -0.3 is 9.72 Å². The second-order valence-electron chi connectivity index (χ2n) is 3.73. The highest BCUT2D eigenvalue weighted by atomic mass is 19.4. The van der Waals surface area contributed by atoms with E-state index in [-0.39, 0.29) is 6.61 Å². The van der Waals surface area contributed by atoms with Gasteiger partial charge in [-0.1, -0.05) is 0 Å². The molecule has 0 aromatic carbocycles. The van der Waals surface area contributed by atoms with E-state index in [2.05, 4.69) is 4.74 Å². The highest BCUT2D eigenvalue weighted by Crippen LogP contribution is 2.37. The van der Waals surface area contributed by atoms with Crippen molar-refractivity contribution in [3.8, 4) is 0 Å². The van der Waals surface area contributed by atoms with Crippen LogP contribution in [0, 0.1) is 0 Å². The Morgan fingerprint density at radius 2 is 2.00 bits per heavy atom. The minimum atomic E-state index is -5.13. The van der Waals surface area contributed by atoms with Crippen molar-refractivity contribution in [2.75, 3.05) is 6.61 Å².